The van der Waals surface area contributed by atoms with Crippen LogP contribution in [0.1, 0.15) is 18.4 Å². The summed E-state index contributed by atoms with van der Waals surface area (Å²) in [7, 11) is 0. The first kappa shape index (κ1) is 14.0. The molecule has 0 bridgehead atoms. The second-order valence-corrected chi connectivity index (χ2v) is 5.33. The average Bonchev–Trinajstić information content (AvgIpc) is 2.92. The van der Waals surface area contributed by atoms with E-state index >= 15 is 0 Å². The van der Waals surface area contributed by atoms with Crippen LogP contribution in [0, 0.1) is 5.41 Å². The van der Waals surface area contributed by atoms with Crippen LogP contribution in [-0.2, 0) is 25.8 Å². The zero-order valence-corrected chi connectivity index (χ0v) is 11.5. The minimum absolute atomic E-state index is 0.0818. The van der Waals surface area contributed by atoms with Crippen LogP contribution in [0.5, 0.6) is 0 Å². The molecular formula is C14H17N3O4. The first-order valence-corrected chi connectivity index (χ1v) is 6.90. The van der Waals surface area contributed by atoms with Gasteiger partial charge in [0, 0.05) is 25.5 Å². The van der Waals surface area contributed by atoms with Gasteiger partial charge in [0.15, 0.2) is 0 Å². The Labute approximate surface area is 122 Å². The highest BCUT2D eigenvalue weighted by Crippen LogP contribution is 2.38. The highest BCUT2D eigenvalue weighted by molar-refractivity contribution is 5.87. The number of ether oxygens (including phenoxy) is 1. The topological polar surface area (TPSA) is 89.6 Å². The van der Waals surface area contributed by atoms with Crippen molar-refractivity contribution >= 4 is 11.8 Å². The first-order valence-electron chi connectivity index (χ1n) is 6.90. The molecule has 0 unspecified atom stereocenters. The number of nitrogens with zero attached hydrogens (tertiary/aromatic N) is 1. The molecular weight excluding hydrogens is 274 g/mol. The standard InChI is InChI=1S/C14H17N3O4/c18-12-6-11-14(9-16-12,3-5-20-11)13(19)17-21-8-10-2-1-4-15-7-10/h1-2,4,7,11H,3,5-6,8-9H2,(H,16,18)(H,17,19)/t11-,14-/m0/s1. The first-order chi connectivity index (χ1) is 10.2. The summed E-state index contributed by atoms with van der Waals surface area (Å²) in [6.45, 7) is 1.02. The summed E-state index contributed by atoms with van der Waals surface area (Å²) < 4.78 is 5.53. The number of hydroxylamine groups is 1. The summed E-state index contributed by atoms with van der Waals surface area (Å²) in [5, 5.41) is 2.74. The SMILES string of the molecule is O=C1C[C@@H]2OCC[C@]2(C(=O)NOCc2cccnc2)CN1. The number of fused-ring (bicyclic) bond motifs is 1. The molecule has 1 aromatic heterocycles. The van der Waals surface area contributed by atoms with E-state index in [9.17, 15) is 9.59 Å². The lowest BCUT2D eigenvalue weighted by molar-refractivity contribution is -0.152. The fourth-order valence-corrected chi connectivity index (χ4v) is 2.77. The van der Waals surface area contributed by atoms with E-state index in [-0.39, 0.29) is 30.9 Å². The smallest absolute Gasteiger partial charge is 0.254 e. The van der Waals surface area contributed by atoms with Gasteiger partial charge in [0.2, 0.25) is 5.91 Å². The highest BCUT2D eigenvalue weighted by atomic mass is 16.7. The lowest BCUT2D eigenvalue weighted by atomic mass is 9.76. The van der Waals surface area contributed by atoms with E-state index in [1.807, 2.05) is 6.07 Å². The van der Waals surface area contributed by atoms with E-state index < -0.39 is 5.41 Å². The van der Waals surface area contributed by atoms with Gasteiger partial charge in [-0.05, 0) is 18.1 Å². The van der Waals surface area contributed by atoms with Crippen molar-refractivity contribution < 1.29 is 19.2 Å². The molecule has 2 amide bonds. The van der Waals surface area contributed by atoms with Gasteiger partial charge < -0.3 is 10.1 Å². The Kier molecular flexibility index (Phi) is 3.85. The van der Waals surface area contributed by atoms with Gasteiger partial charge >= 0.3 is 0 Å². The number of pyridine rings is 1. The third-order valence-corrected chi connectivity index (χ3v) is 4.03. The van der Waals surface area contributed by atoms with Crippen LogP contribution >= 0.6 is 0 Å². The lowest BCUT2D eigenvalue weighted by Gasteiger charge is -2.35. The van der Waals surface area contributed by atoms with Gasteiger partial charge in [-0.3, -0.25) is 19.4 Å². The average molecular weight is 291 g/mol. The van der Waals surface area contributed by atoms with Crippen molar-refractivity contribution in [1.82, 2.24) is 15.8 Å². The van der Waals surface area contributed by atoms with Crippen molar-refractivity contribution in [2.24, 2.45) is 5.41 Å². The van der Waals surface area contributed by atoms with Gasteiger partial charge in [-0.25, -0.2) is 5.48 Å². The Bertz CT molecular complexity index is 536. The van der Waals surface area contributed by atoms with E-state index in [1.54, 1.807) is 18.5 Å². The predicted octanol–water partition coefficient (Wildman–Crippen LogP) is -0.0754. The van der Waals surface area contributed by atoms with Gasteiger partial charge in [-0.1, -0.05) is 6.07 Å². The minimum Gasteiger partial charge on any atom is -0.376 e. The number of amides is 2. The molecule has 2 aliphatic heterocycles. The third-order valence-electron chi connectivity index (χ3n) is 4.03. The van der Waals surface area contributed by atoms with Crippen LogP contribution in [0.3, 0.4) is 0 Å². The normalized spacial score (nSPS) is 27.8. The molecule has 1 aromatic rings. The number of rotatable bonds is 4. The molecule has 0 spiro atoms. The van der Waals surface area contributed by atoms with E-state index in [1.165, 1.54) is 0 Å². The molecule has 0 aromatic carbocycles. The van der Waals surface area contributed by atoms with Crippen LogP contribution in [0.25, 0.3) is 0 Å². The van der Waals surface area contributed by atoms with Crippen molar-refractivity contribution in [3.05, 3.63) is 30.1 Å². The molecule has 2 N–H and O–H groups in total. The quantitative estimate of drug-likeness (QED) is 0.758. The number of carbonyl (C=O) groups is 2. The molecule has 0 saturated carbocycles. The van der Waals surface area contributed by atoms with E-state index in [2.05, 4.69) is 15.8 Å². The van der Waals surface area contributed by atoms with Crippen molar-refractivity contribution in [3.63, 3.8) is 0 Å². The Hall–Kier alpha value is -1.99. The molecule has 0 radical (unpaired) electrons. The largest absolute Gasteiger partial charge is 0.376 e. The number of carbonyl (C=O) groups excluding carboxylic acids is 2. The van der Waals surface area contributed by atoms with Crippen LogP contribution in [0.2, 0.25) is 0 Å². The molecule has 21 heavy (non-hydrogen) atoms. The molecule has 3 rings (SSSR count). The monoisotopic (exact) mass is 291 g/mol. The van der Waals surface area contributed by atoms with Gasteiger partial charge in [-0.15, -0.1) is 0 Å². The molecule has 0 aliphatic carbocycles. The molecule has 7 nitrogen and oxygen atoms in total. The third kappa shape index (κ3) is 2.74. The Morgan fingerprint density at radius 1 is 1.62 bits per heavy atom. The van der Waals surface area contributed by atoms with Gasteiger partial charge in [0.25, 0.3) is 5.91 Å². The number of piperidine rings is 1. The molecule has 112 valence electrons. The van der Waals surface area contributed by atoms with E-state index in [0.717, 1.165) is 5.56 Å². The second kappa shape index (κ2) is 5.79. The number of nitrogens with one attached hydrogen (secondary N) is 2. The summed E-state index contributed by atoms with van der Waals surface area (Å²) in [5.74, 6) is -0.324. The second-order valence-electron chi connectivity index (χ2n) is 5.33. The van der Waals surface area contributed by atoms with Crippen LogP contribution in [-0.4, -0.2) is 36.1 Å². The molecule has 2 fully saturated rings. The predicted molar refractivity (Wildman–Crippen MR) is 71.6 cm³/mol. The minimum atomic E-state index is -0.719. The molecule has 7 heteroatoms. The van der Waals surface area contributed by atoms with Gasteiger partial charge in [0.1, 0.15) is 6.61 Å². The Morgan fingerprint density at radius 3 is 3.33 bits per heavy atom. The maximum Gasteiger partial charge on any atom is 0.254 e. The Balaban J connectivity index is 1.58. The molecule has 3 heterocycles. The highest BCUT2D eigenvalue weighted by Gasteiger charge is 2.53. The van der Waals surface area contributed by atoms with Crippen LogP contribution < -0.4 is 10.8 Å². The number of hydrogen-bond donors (Lipinski definition) is 2. The molecule has 2 aliphatic rings. The zero-order valence-electron chi connectivity index (χ0n) is 11.5. The van der Waals surface area contributed by atoms with E-state index in [0.29, 0.717) is 19.6 Å². The summed E-state index contributed by atoms with van der Waals surface area (Å²) in [5.41, 5.74) is 2.63. The summed E-state index contributed by atoms with van der Waals surface area (Å²) in [6.07, 6.45) is 3.78. The summed E-state index contributed by atoms with van der Waals surface area (Å²) in [4.78, 5) is 33.1. The van der Waals surface area contributed by atoms with Crippen LogP contribution in [0.15, 0.2) is 24.5 Å². The fraction of sp³-hybridized carbons (Fsp3) is 0.500. The van der Waals surface area contributed by atoms with Gasteiger partial charge in [-0.2, -0.15) is 0 Å². The van der Waals surface area contributed by atoms with Crippen molar-refractivity contribution in [3.8, 4) is 0 Å². The van der Waals surface area contributed by atoms with Crippen LogP contribution in [0.4, 0.5) is 0 Å². The lowest BCUT2D eigenvalue weighted by Crippen LogP contribution is -2.57. The maximum atomic E-state index is 12.4. The molecule has 2 atom stereocenters. The van der Waals surface area contributed by atoms with Crippen molar-refractivity contribution in [2.75, 3.05) is 13.2 Å². The summed E-state index contributed by atoms with van der Waals surface area (Å²) >= 11 is 0. The van der Waals surface area contributed by atoms with Gasteiger partial charge in [0.05, 0.1) is 17.9 Å². The maximum absolute atomic E-state index is 12.4. The number of aromatic nitrogens is 1. The zero-order chi connectivity index (χ0) is 14.7. The fourth-order valence-electron chi connectivity index (χ4n) is 2.77. The van der Waals surface area contributed by atoms with E-state index in [4.69, 9.17) is 9.57 Å². The van der Waals surface area contributed by atoms with Crippen molar-refractivity contribution in [2.45, 2.75) is 25.6 Å². The summed E-state index contributed by atoms with van der Waals surface area (Å²) in [6, 6.07) is 3.66. The van der Waals surface area contributed by atoms with Crippen molar-refractivity contribution in [1.29, 1.82) is 0 Å². The number of hydrogen-bond acceptors (Lipinski definition) is 5. The Morgan fingerprint density at radius 2 is 2.52 bits per heavy atom. The molecule has 2 saturated heterocycles.